The highest BCUT2D eigenvalue weighted by Gasteiger charge is 1.98. The minimum absolute atomic E-state index is 0.761. The topological polar surface area (TPSA) is 9.23 Å². The molecule has 0 aromatic heterocycles. The van der Waals surface area contributed by atoms with Crippen LogP contribution in [0, 0.1) is 5.92 Å². The summed E-state index contributed by atoms with van der Waals surface area (Å²) in [7, 11) is 0. The van der Waals surface area contributed by atoms with E-state index in [1.54, 1.807) is 0 Å². The maximum atomic E-state index is 5.71. The van der Waals surface area contributed by atoms with E-state index >= 15 is 0 Å². The molecule has 1 nitrogen and oxygen atoms in total. The zero-order valence-electron chi connectivity index (χ0n) is 14.9. The van der Waals surface area contributed by atoms with Crippen LogP contribution in [0.4, 0.5) is 0 Å². The summed E-state index contributed by atoms with van der Waals surface area (Å²) in [5.41, 5.74) is 1.28. The molecule has 1 heteroatoms. The molecule has 1 aromatic rings. The molecule has 0 aliphatic carbocycles. The first-order chi connectivity index (χ1) is 10.8. The van der Waals surface area contributed by atoms with Gasteiger partial charge in [-0.1, -0.05) is 102 Å². The van der Waals surface area contributed by atoms with Crippen molar-refractivity contribution in [3.8, 4) is 0 Å². The summed E-state index contributed by atoms with van der Waals surface area (Å²) in [6, 6.07) is 10.4. The quantitative estimate of drug-likeness (QED) is 0.345. The summed E-state index contributed by atoms with van der Waals surface area (Å²) in [6.07, 6.45) is 13.8. The first-order valence-corrected chi connectivity index (χ1v) is 9.44. The number of rotatable bonds is 14. The second-order valence-electron chi connectivity index (χ2n) is 6.67. The van der Waals surface area contributed by atoms with Crippen molar-refractivity contribution in [1.82, 2.24) is 0 Å². The maximum Gasteiger partial charge on any atom is 0.0716 e. The molecule has 0 spiro atoms. The van der Waals surface area contributed by atoms with Crippen LogP contribution in [-0.4, -0.2) is 6.61 Å². The largest absolute Gasteiger partial charge is 0.377 e. The van der Waals surface area contributed by atoms with Crippen molar-refractivity contribution < 1.29 is 4.74 Å². The molecule has 22 heavy (non-hydrogen) atoms. The van der Waals surface area contributed by atoms with Gasteiger partial charge in [-0.3, -0.25) is 0 Å². The molecule has 0 saturated carbocycles. The van der Waals surface area contributed by atoms with Crippen LogP contribution in [0.3, 0.4) is 0 Å². The van der Waals surface area contributed by atoms with Crippen LogP contribution >= 0.6 is 0 Å². The fourth-order valence-electron chi connectivity index (χ4n) is 2.73. The van der Waals surface area contributed by atoms with Gasteiger partial charge in [0.15, 0.2) is 0 Å². The van der Waals surface area contributed by atoms with E-state index in [2.05, 4.69) is 38.1 Å². The van der Waals surface area contributed by atoms with E-state index in [1.807, 2.05) is 6.07 Å². The molecule has 0 N–H and O–H groups in total. The summed E-state index contributed by atoms with van der Waals surface area (Å²) in [4.78, 5) is 0. The Balaban J connectivity index is 1.77. The highest BCUT2D eigenvalue weighted by molar-refractivity contribution is 5.13. The molecule has 0 heterocycles. The van der Waals surface area contributed by atoms with Gasteiger partial charge in [-0.25, -0.2) is 0 Å². The zero-order chi connectivity index (χ0) is 15.9. The van der Waals surface area contributed by atoms with Crippen molar-refractivity contribution in [3.05, 3.63) is 35.9 Å². The molecule has 0 aliphatic rings. The van der Waals surface area contributed by atoms with Crippen LogP contribution in [0.1, 0.15) is 83.6 Å². The van der Waals surface area contributed by atoms with Gasteiger partial charge in [0.2, 0.25) is 0 Å². The van der Waals surface area contributed by atoms with Crippen molar-refractivity contribution in [1.29, 1.82) is 0 Å². The average molecular weight is 305 g/mol. The molecule has 1 unspecified atom stereocenters. The molecule has 1 aromatic carbocycles. The Hall–Kier alpha value is -0.820. The molecule has 0 amide bonds. The fraction of sp³-hybridized carbons (Fsp3) is 0.714. The summed E-state index contributed by atoms with van der Waals surface area (Å²) in [5.74, 6) is 0.927. The van der Waals surface area contributed by atoms with Crippen LogP contribution in [0.25, 0.3) is 0 Å². The van der Waals surface area contributed by atoms with Crippen molar-refractivity contribution in [2.24, 2.45) is 5.92 Å². The molecule has 1 atom stereocenters. The van der Waals surface area contributed by atoms with Gasteiger partial charge < -0.3 is 4.74 Å². The predicted molar refractivity (Wildman–Crippen MR) is 97.1 cm³/mol. The first-order valence-electron chi connectivity index (χ1n) is 9.44. The zero-order valence-corrected chi connectivity index (χ0v) is 14.9. The molecule has 0 fully saturated rings. The van der Waals surface area contributed by atoms with E-state index in [1.165, 1.54) is 69.8 Å². The smallest absolute Gasteiger partial charge is 0.0716 e. The van der Waals surface area contributed by atoms with Gasteiger partial charge >= 0.3 is 0 Å². The fourth-order valence-corrected chi connectivity index (χ4v) is 2.73. The van der Waals surface area contributed by atoms with Gasteiger partial charge in [0.25, 0.3) is 0 Å². The number of hydrogen-bond acceptors (Lipinski definition) is 1. The minimum atomic E-state index is 0.761. The Labute approximate surface area is 138 Å². The van der Waals surface area contributed by atoms with E-state index in [0.29, 0.717) is 0 Å². The SMILES string of the molecule is CCC(C)CCCCCCCCCCOCc1ccccc1. The maximum absolute atomic E-state index is 5.71. The second-order valence-corrected chi connectivity index (χ2v) is 6.67. The van der Waals surface area contributed by atoms with Gasteiger partial charge in [0.05, 0.1) is 6.61 Å². The Morgan fingerprint density at radius 1 is 0.818 bits per heavy atom. The highest BCUT2D eigenvalue weighted by Crippen LogP contribution is 2.14. The van der Waals surface area contributed by atoms with Gasteiger partial charge in [0.1, 0.15) is 0 Å². The van der Waals surface area contributed by atoms with Crippen LogP contribution in [-0.2, 0) is 11.3 Å². The molecule has 0 radical (unpaired) electrons. The lowest BCUT2D eigenvalue weighted by molar-refractivity contribution is 0.116. The van der Waals surface area contributed by atoms with E-state index < -0.39 is 0 Å². The summed E-state index contributed by atoms with van der Waals surface area (Å²) in [5, 5.41) is 0. The molecule has 0 bridgehead atoms. The summed E-state index contributed by atoms with van der Waals surface area (Å²) < 4.78 is 5.71. The Morgan fingerprint density at radius 2 is 1.41 bits per heavy atom. The summed E-state index contributed by atoms with van der Waals surface area (Å²) in [6.45, 7) is 6.34. The molecule has 126 valence electrons. The van der Waals surface area contributed by atoms with Gasteiger partial charge in [-0.2, -0.15) is 0 Å². The molecule has 0 saturated heterocycles. The lowest BCUT2D eigenvalue weighted by atomic mass is 10.00. The van der Waals surface area contributed by atoms with Crippen molar-refractivity contribution in [2.75, 3.05) is 6.61 Å². The van der Waals surface area contributed by atoms with Gasteiger partial charge in [0, 0.05) is 6.61 Å². The van der Waals surface area contributed by atoms with E-state index in [9.17, 15) is 0 Å². The summed E-state index contributed by atoms with van der Waals surface area (Å²) >= 11 is 0. The van der Waals surface area contributed by atoms with Gasteiger partial charge in [-0.05, 0) is 17.9 Å². The standard InChI is InChI=1S/C21H36O/c1-3-20(2)15-11-8-6-4-5-7-9-14-18-22-19-21-16-12-10-13-17-21/h10,12-13,16-17,20H,3-9,11,14-15,18-19H2,1-2H3. The molecular formula is C21H36O. The Kier molecular flexibility index (Phi) is 12.1. The van der Waals surface area contributed by atoms with Crippen molar-refractivity contribution in [2.45, 2.75) is 84.7 Å². The third-order valence-corrected chi connectivity index (χ3v) is 4.54. The number of benzene rings is 1. The molecule has 1 rings (SSSR count). The first kappa shape index (κ1) is 19.2. The minimum Gasteiger partial charge on any atom is -0.377 e. The van der Waals surface area contributed by atoms with Gasteiger partial charge in [-0.15, -0.1) is 0 Å². The van der Waals surface area contributed by atoms with Crippen molar-refractivity contribution in [3.63, 3.8) is 0 Å². The lowest BCUT2D eigenvalue weighted by Crippen LogP contribution is -1.95. The van der Waals surface area contributed by atoms with E-state index in [-0.39, 0.29) is 0 Å². The van der Waals surface area contributed by atoms with Crippen molar-refractivity contribution >= 4 is 0 Å². The highest BCUT2D eigenvalue weighted by atomic mass is 16.5. The normalized spacial score (nSPS) is 12.5. The number of unbranched alkanes of at least 4 members (excludes halogenated alkanes) is 7. The molecule has 0 aliphatic heterocycles. The third kappa shape index (κ3) is 10.8. The van der Waals surface area contributed by atoms with Crippen LogP contribution in [0.15, 0.2) is 30.3 Å². The lowest BCUT2D eigenvalue weighted by Gasteiger charge is -2.07. The third-order valence-electron chi connectivity index (χ3n) is 4.54. The van der Waals surface area contributed by atoms with E-state index in [4.69, 9.17) is 4.74 Å². The van der Waals surface area contributed by atoms with Crippen LogP contribution in [0.5, 0.6) is 0 Å². The van der Waals surface area contributed by atoms with Crippen LogP contribution in [0.2, 0.25) is 0 Å². The predicted octanol–water partition coefficient (Wildman–Crippen LogP) is 6.76. The number of ether oxygens (including phenoxy) is 1. The van der Waals surface area contributed by atoms with Crippen LogP contribution < -0.4 is 0 Å². The second kappa shape index (κ2) is 13.8. The molecular weight excluding hydrogens is 268 g/mol. The average Bonchev–Trinajstić information content (AvgIpc) is 2.56. The number of hydrogen-bond donors (Lipinski definition) is 0. The Morgan fingerprint density at radius 3 is 2.05 bits per heavy atom. The Bertz CT molecular complexity index is 333. The van der Waals surface area contributed by atoms with E-state index in [0.717, 1.165) is 19.1 Å². The monoisotopic (exact) mass is 304 g/mol.